The molecule has 0 saturated heterocycles. The third-order valence-electron chi connectivity index (χ3n) is 4.70. The second-order valence-corrected chi connectivity index (χ2v) is 5.68. The smallest absolute Gasteiger partial charge is 0.0297 e. The summed E-state index contributed by atoms with van der Waals surface area (Å²) >= 11 is 0. The Morgan fingerprint density at radius 1 is 1.23 bits per heavy atom. The van der Waals surface area contributed by atoms with E-state index in [2.05, 4.69) is 13.8 Å². The van der Waals surface area contributed by atoms with Gasteiger partial charge in [-0.15, -0.1) is 0 Å². The van der Waals surface area contributed by atoms with Crippen LogP contribution in [-0.2, 0) is 0 Å². The zero-order valence-corrected chi connectivity index (χ0v) is 9.31. The highest BCUT2D eigenvalue weighted by Gasteiger charge is 2.46. The number of fused-ring (bicyclic) bond motifs is 2. The van der Waals surface area contributed by atoms with Crippen LogP contribution >= 0.6 is 0 Å². The fraction of sp³-hybridized carbons (Fsp3) is 1.00. The number of hydrogen-bond donors (Lipinski definition) is 0. The maximum Gasteiger partial charge on any atom is -0.0297 e. The van der Waals surface area contributed by atoms with Crippen molar-refractivity contribution in [2.45, 2.75) is 65.2 Å². The summed E-state index contributed by atoms with van der Waals surface area (Å²) in [4.78, 5) is 0. The fourth-order valence-electron chi connectivity index (χ4n) is 3.39. The van der Waals surface area contributed by atoms with Crippen molar-refractivity contribution < 1.29 is 0 Å². The van der Waals surface area contributed by atoms with Crippen LogP contribution in [0.5, 0.6) is 0 Å². The van der Waals surface area contributed by atoms with Crippen molar-refractivity contribution in [3.05, 3.63) is 0 Å². The molecule has 0 N–H and O–H groups in total. The number of unbranched alkanes of at least 4 members (excludes halogenated alkanes) is 2. The predicted octanol–water partition coefficient (Wildman–Crippen LogP) is 4.39. The van der Waals surface area contributed by atoms with Crippen molar-refractivity contribution in [3.63, 3.8) is 0 Å². The van der Waals surface area contributed by atoms with Gasteiger partial charge >= 0.3 is 0 Å². The van der Waals surface area contributed by atoms with Crippen molar-refractivity contribution >= 4 is 0 Å². The van der Waals surface area contributed by atoms with E-state index >= 15 is 0 Å². The molecule has 13 heavy (non-hydrogen) atoms. The van der Waals surface area contributed by atoms with E-state index in [9.17, 15) is 0 Å². The monoisotopic (exact) mass is 180 g/mol. The molecule has 1 atom stereocenters. The third kappa shape index (κ3) is 1.78. The van der Waals surface area contributed by atoms with Gasteiger partial charge in [-0.05, 0) is 49.4 Å². The molecular weight excluding hydrogens is 156 g/mol. The molecule has 0 aromatic heterocycles. The van der Waals surface area contributed by atoms with Crippen molar-refractivity contribution in [2.75, 3.05) is 0 Å². The van der Waals surface area contributed by atoms with E-state index in [0.717, 1.165) is 17.3 Å². The first-order chi connectivity index (χ1) is 6.24. The van der Waals surface area contributed by atoms with Crippen LogP contribution in [0.3, 0.4) is 0 Å². The number of rotatable bonds is 4. The molecule has 0 spiro atoms. The Kier molecular flexibility index (Phi) is 2.67. The molecular formula is C13H24. The lowest BCUT2D eigenvalue weighted by Gasteiger charge is -2.54. The van der Waals surface area contributed by atoms with E-state index in [-0.39, 0.29) is 0 Å². The lowest BCUT2D eigenvalue weighted by molar-refractivity contribution is -0.0292. The van der Waals surface area contributed by atoms with Crippen molar-refractivity contribution in [1.29, 1.82) is 0 Å². The molecule has 0 nitrogen and oxygen atoms in total. The molecule has 0 heterocycles. The second kappa shape index (κ2) is 3.63. The third-order valence-corrected chi connectivity index (χ3v) is 4.70. The van der Waals surface area contributed by atoms with Crippen LogP contribution in [0.25, 0.3) is 0 Å². The van der Waals surface area contributed by atoms with Gasteiger partial charge in [-0.25, -0.2) is 0 Å². The van der Waals surface area contributed by atoms with Crippen LogP contribution in [0.2, 0.25) is 0 Å². The normalized spacial score (nSPS) is 42.9. The SMILES string of the molecule is CCCCCC1(C)CCC2CC1C2. The summed E-state index contributed by atoms with van der Waals surface area (Å²) in [6.07, 6.45) is 12.0. The standard InChI is InChI=1S/C13H24/c1-3-4-5-7-13(2)8-6-11-9-12(13)10-11/h11-12H,3-10H2,1-2H3. The lowest BCUT2D eigenvalue weighted by Crippen LogP contribution is -2.43. The largest absolute Gasteiger partial charge is 0.0654 e. The fourth-order valence-corrected chi connectivity index (χ4v) is 3.39. The summed E-state index contributed by atoms with van der Waals surface area (Å²) in [7, 11) is 0. The van der Waals surface area contributed by atoms with Gasteiger partial charge in [0.05, 0.1) is 0 Å². The number of hydrogen-bond acceptors (Lipinski definition) is 0. The Balaban J connectivity index is 1.80. The second-order valence-electron chi connectivity index (χ2n) is 5.68. The molecule has 0 aromatic carbocycles. The van der Waals surface area contributed by atoms with Crippen LogP contribution < -0.4 is 0 Å². The van der Waals surface area contributed by atoms with Gasteiger partial charge in [-0.1, -0.05) is 33.1 Å². The van der Waals surface area contributed by atoms with Gasteiger partial charge in [0.2, 0.25) is 0 Å². The summed E-state index contributed by atoms with van der Waals surface area (Å²) in [5.74, 6) is 2.26. The van der Waals surface area contributed by atoms with Gasteiger partial charge < -0.3 is 0 Å². The molecule has 0 radical (unpaired) electrons. The average molecular weight is 180 g/mol. The molecule has 3 fully saturated rings. The van der Waals surface area contributed by atoms with E-state index in [4.69, 9.17) is 0 Å². The summed E-state index contributed by atoms with van der Waals surface area (Å²) in [5.41, 5.74) is 0.754. The minimum absolute atomic E-state index is 0.754. The summed E-state index contributed by atoms with van der Waals surface area (Å²) in [6.45, 7) is 4.87. The summed E-state index contributed by atoms with van der Waals surface area (Å²) in [5, 5.41) is 0. The quantitative estimate of drug-likeness (QED) is 0.563. The van der Waals surface area contributed by atoms with Crippen LogP contribution in [0.1, 0.15) is 65.2 Å². The minimum atomic E-state index is 0.754. The molecule has 3 aliphatic rings. The summed E-state index contributed by atoms with van der Waals surface area (Å²) < 4.78 is 0. The highest BCUT2D eigenvalue weighted by Crippen LogP contribution is 2.57. The first-order valence-electron chi connectivity index (χ1n) is 6.24. The molecule has 0 aliphatic heterocycles. The van der Waals surface area contributed by atoms with Gasteiger partial charge in [0.25, 0.3) is 0 Å². The molecule has 1 unspecified atom stereocenters. The zero-order chi connectivity index (χ0) is 9.31. The molecule has 3 aliphatic carbocycles. The van der Waals surface area contributed by atoms with Crippen LogP contribution in [0, 0.1) is 17.3 Å². The lowest BCUT2D eigenvalue weighted by atomic mass is 9.52. The van der Waals surface area contributed by atoms with E-state index in [1.807, 2.05) is 0 Å². The van der Waals surface area contributed by atoms with E-state index in [0.29, 0.717) is 0 Å². The maximum absolute atomic E-state index is 2.56. The van der Waals surface area contributed by atoms with Gasteiger partial charge in [0.15, 0.2) is 0 Å². The first-order valence-corrected chi connectivity index (χ1v) is 6.24. The van der Waals surface area contributed by atoms with Crippen LogP contribution in [0.4, 0.5) is 0 Å². The predicted molar refractivity (Wildman–Crippen MR) is 57.7 cm³/mol. The van der Waals surface area contributed by atoms with Gasteiger partial charge in [-0.3, -0.25) is 0 Å². The van der Waals surface area contributed by atoms with Gasteiger partial charge in [0, 0.05) is 0 Å². The Bertz CT molecular complexity index is 164. The van der Waals surface area contributed by atoms with Gasteiger partial charge in [0.1, 0.15) is 0 Å². The van der Waals surface area contributed by atoms with E-state index in [1.165, 1.54) is 32.1 Å². The maximum atomic E-state index is 2.56. The highest BCUT2D eigenvalue weighted by molar-refractivity contribution is 4.97. The van der Waals surface area contributed by atoms with Crippen LogP contribution in [0.15, 0.2) is 0 Å². The Labute approximate surface area is 83.1 Å². The van der Waals surface area contributed by atoms with Crippen molar-refractivity contribution in [3.8, 4) is 0 Å². The zero-order valence-electron chi connectivity index (χ0n) is 9.31. The van der Waals surface area contributed by atoms with Crippen molar-refractivity contribution in [1.82, 2.24) is 0 Å². The first kappa shape index (κ1) is 9.55. The highest BCUT2D eigenvalue weighted by atomic mass is 14.5. The molecule has 2 bridgehead atoms. The van der Waals surface area contributed by atoms with Crippen molar-refractivity contribution in [2.24, 2.45) is 17.3 Å². The molecule has 0 aromatic rings. The molecule has 0 amide bonds. The van der Waals surface area contributed by atoms with Gasteiger partial charge in [-0.2, -0.15) is 0 Å². The Morgan fingerprint density at radius 3 is 2.54 bits per heavy atom. The summed E-state index contributed by atoms with van der Waals surface area (Å²) in [6, 6.07) is 0. The Morgan fingerprint density at radius 2 is 2.00 bits per heavy atom. The van der Waals surface area contributed by atoms with E-state index < -0.39 is 0 Å². The minimum Gasteiger partial charge on any atom is -0.0654 e. The topological polar surface area (TPSA) is 0 Å². The Hall–Kier alpha value is 0. The molecule has 3 rings (SSSR count). The average Bonchev–Trinajstić information content (AvgIpc) is 2.02. The van der Waals surface area contributed by atoms with E-state index in [1.54, 1.807) is 19.3 Å². The molecule has 0 heteroatoms. The molecule has 3 saturated carbocycles. The molecule has 76 valence electrons. The van der Waals surface area contributed by atoms with Crippen LogP contribution in [-0.4, -0.2) is 0 Å².